The molecule has 0 radical (unpaired) electrons. The van der Waals surface area contributed by atoms with E-state index in [2.05, 4.69) is 31.0 Å². The zero-order valence-electron chi connectivity index (χ0n) is 9.21. The van der Waals surface area contributed by atoms with Crippen LogP contribution < -0.4 is 5.32 Å². The Morgan fingerprint density at radius 3 is 2.00 bits per heavy atom. The van der Waals surface area contributed by atoms with Gasteiger partial charge in [0, 0.05) is 30.7 Å². The maximum atomic E-state index is 8.36. The molecule has 2 fully saturated rings. The highest BCUT2D eigenvalue weighted by Crippen LogP contribution is 2.39. The molecule has 2 rings (SSSR count). The highest BCUT2D eigenvalue weighted by molar-refractivity contribution is 5.32. The average molecular weight is 200 g/mol. The summed E-state index contributed by atoms with van der Waals surface area (Å²) < 4.78 is 0. The van der Waals surface area contributed by atoms with Crippen molar-refractivity contribution in [1.82, 2.24) is 10.2 Å². The van der Waals surface area contributed by atoms with Crippen LogP contribution in [-0.2, 0) is 4.79 Å². The molecule has 4 nitrogen and oxygen atoms in total. The summed E-state index contributed by atoms with van der Waals surface area (Å²) in [5, 5.41) is 10.3. The Morgan fingerprint density at radius 2 is 1.93 bits per heavy atom. The van der Waals surface area contributed by atoms with Gasteiger partial charge >= 0.3 is 0 Å². The summed E-state index contributed by atoms with van der Waals surface area (Å²) in [7, 11) is 0. The van der Waals surface area contributed by atoms with Gasteiger partial charge < -0.3 is 10.4 Å². The van der Waals surface area contributed by atoms with Crippen LogP contribution in [0.25, 0.3) is 0 Å². The monoisotopic (exact) mass is 200 g/mol. The van der Waals surface area contributed by atoms with E-state index in [4.69, 9.17) is 9.90 Å². The van der Waals surface area contributed by atoms with E-state index in [-0.39, 0.29) is 6.47 Å². The molecule has 82 valence electrons. The predicted octanol–water partition coefficient (Wildman–Crippen LogP) is 0.533. The average Bonchev–Trinajstić information content (AvgIpc) is 1.76. The third-order valence-electron chi connectivity index (χ3n) is 3.09. The number of hydrogen-bond acceptors (Lipinski definition) is 3. The zero-order valence-corrected chi connectivity index (χ0v) is 9.21. The molecule has 0 aromatic heterocycles. The van der Waals surface area contributed by atoms with Crippen LogP contribution in [0.5, 0.6) is 0 Å². The Bertz CT molecular complexity index is 201. The van der Waals surface area contributed by atoms with Gasteiger partial charge in [0.1, 0.15) is 0 Å². The van der Waals surface area contributed by atoms with Crippen LogP contribution in [0.15, 0.2) is 0 Å². The van der Waals surface area contributed by atoms with Crippen LogP contribution >= 0.6 is 0 Å². The lowest BCUT2D eigenvalue weighted by Gasteiger charge is -2.63. The number of carboxylic acid groups (broad SMARTS) is 1. The lowest BCUT2D eigenvalue weighted by Crippen LogP contribution is -2.79. The number of nitrogens with zero attached hydrogens (tertiary/aromatic N) is 1. The van der Waals surface area contributed by atoms with Gasteiger partial charge in [-0.2, -0.15) is 0 Å². The second-order valence-corrected chi connectivity index (χ2v) is 5.01. The van der Waals surface area contributed by atoms with Crippen molar-refractivity contribution in [3.05, 3.63) is 0 Å². The van der Waals surface area contributed by atoms with Gasteiger partial charge in [-0.15, -0.1) is 0 Å². The molecule has 2 aliphatic heterocycles. The Morgan fingerprint density at radius 1 is 1.43 bits per heavy atom. The molecule has 0 atom stereocenters. The maximum Gasteiger partial charge on any atom is 0.290 e. The van der Waals surface area contributed by atoms with Crippen LogP contribution in [0.3, 0.4) is 0 Å². The number of hydrogen-bond donors (Lipinski definition) is 2. The van der Waals surface area contributed by atoms with Crippen molar-refractivity contribution in [3.63, 3.8) is 0 Å². The summed E-state index contributed by atoms with van der Waals surface area (Å²) in [6, 6.07) is 0. The molecule has 0 aromatic rings. The van der Waals surface area contributed by atoms with E-state index >= 15 is 0 Å². The summed E-state index contributed by atoms with van der Waals surface area (Å²) in [6.45, 7) is 10.4. The smallest absolute Gasteiger partial charge is 0.290 e. The molecule has 0 bridgehead atoms. The van der Waals surface area contributed by atoms with Crippen LogP contribution in [0.2, 0.25) is 0 Å². The largest absolute Gasteiger partial charge is 0.483 e. The lowest BCUT2D eigenvalue weighted by molar-refractivity contribution is -0.122. The molecular weight excluding hydrogens is 180 g/mol. The van der Waals surface area contributed by atoms with E-state index in [9.17, 15) is 0 Å². The molecule has 0 aromatic carbocycles. The van der Waals surface area contributed by atoms with Crippen molar-refractivity contribution in [2.24, 2.45) is 0 Å². The van der Waals surface area contributed by atoms with Crippen molar-refractivity contribution in [1.29, 1.82) is 0 Å². The maximum absolute atomic E-state index is 8.36. The van der Waals surface area contributed by atoms with Crippen molar-refractivity contribution in [2.75, 3.05) is 19.6 Å². The fourth-order valence-corrected chi connectivity index (χ4v) is 2.37. The number of carbonyl (C=O) groups is 1. The first kappa shape index (κ1) is 11.5. The second-order valence-electron chi connectivity index (χ2n) is 5.01. The molecule has 0 aliphatic carbocycles. The molecule has 14 heavy (non-hydrogen) atoms. The van der Waals surface area contributed by atoms with Crippen LogP contribution in [-0.4, -0.2) is 47.2 Å². The molecule has 2 saturated heterocycles. The summed E-state index contributed by atoms with van der Waals surface area (Å²) in [5.41, 5.74) is 0.943. The second kappa shape index (κ2) is 3.87. The minimum Gasteiger partial charge on any atom is -0.483 e. The first-order valence-electron chi connectivity index (χ1n) is 5.03. The number of nitrogens with one attached hydrogen (secondary N) is 1. The van der Waals surface area contributed by atoms with E-state index < -0.39 is 0 Å². The third-order valence-corrected chi connectivity index (χ3v) is 3.09. The van der Waals surface area contributed by atoms with Gasteiger partial charge in [0.25, 0.3) is 6.47 Å². The van der Waals surface area contributed by atoms with Gasteiger partial charge in [-0.05, 0) is 27.2 Å². The van der Waals surface area contributed by atoms with Crippen molar-refractivity contribution >= 4 is 6.47 Å². The van der Waals surface area contributed by atoms with Crippen molar-refractivity contribution in [2.45, 2.75) is 38.3 Å². The van der Waals surface area contributed by atoms with E-state index in [1.165, 1.54) is 26.1 Å². The van der Waals surface area contributed by atoms with Crippen molar-refractivity contribution < 1.29 is 9.90 Å². The molecule has 2 N–H and O–H groups in total. The topological polar surface area (TPSA) is 52.6 Å². The fourth-order valence-electron chi connectivity index (χ4n) is 2.37. The lowest BCUT2D eigenvalue weighted by atomic mass is 9.75. The van der Waals surface area contributed by atoms with Crippen LogP contribution in [0.1, 0.15) is 27.2 Å². The van der Waals surface area contributed by atoms with E-state index in [1.807, 2.05) is 0 Å². The van der Waals surface area contributed by atoms with Gasteiger partial charge in [-0.3, -0.25) is 9.69 Å². The Balaban J connectivity index is 0.000000293. The zero-order chi connectivity index (χ0) is 10.8. The van der Waals surface area contributed by atoms with Gasteiger partial charge in [0.15, 0.2) is 0 Å². The predicted molar refractivity (Wildman–Crippen MR) is 55.4 cm³/mol. The third kappa shape index (κ3) is 1.91. The summed E-state index contributed by atoms with van der Waals surface area (Å²) in [6.07, 6.45) is 1.40. The Labute approximate surface area is 85.3 Å². The van der Waals surface area contributed by atoms with E-state index in [0.717, 1.165) is 0 Å². The number of rotatable bonds is 0. The Kier molecular flexibility index (Phi) is 3.17. The first-order chi connectivity index (χ1) is 6.46. The summed E-state index contributed by atoms with van der Waals surface area (Å²) in [4.78, 5) is 11.0. The highest BCUT2D eigenvalue weighted by Gasteiger charge is 2.52. The fraction of sp³-hybridized carbons (Fsp3) is 0.900. The molecular formula is C10H20N2O2. The standard InChI is InChI=1S/C9H18N2.CH2O2/c1-8(2,3)11-5-4-9(11)6-10-7-9;2-1-3/h10H,4-7H2,1-3H3;1H,(H,2,3). The van der Waals surface area contributed by atoms with Gasteiger partial charge in [0.05, 0.1) is 0 Å². The van der Waals surface area contributed by atoms with Crippen molar-refractivity contribution in [3.8, 4) is 0 Å². The van der Waals surface area contributed by atoms with E-state index in [0.29, 0.717) is 11.1 Å². The van der Waals surface area contributed by atoms with E-state index in [1.54, 1.807) is 0 Å². The van der Waals surface area contributed by atoms with Gasteiger partial charge in [-0.1, -0.05) is 0 Å². The van der Waals surface area contributed by atoms with Gasteiger partial charge in [0.2, 0.25) is 0 Å². The van der Waals surface area contributed by atoms with Crippen LogP contribution in [0, 0.1) is 0 Å². The molecule has 4 heteroatoms. The Hall–Kier alpha value is -0.610. The SMILES string of the molecule is CC(C)(C)N1CCC12CNC2.O=CO. The first-order valence-corrected chi connectivity index (χ1v) is 5.03. The molecule has 0 saturated carbocycles. The summed E-state index contributed by atoms with van der Waals surface area (Å²) >= 11 is 0. The normalized spacial score (nSPS) is 24.2. The molecule has 0 amide bonds. The quantitative estimate of drug-likeness (QED) is 0.560. The van der Waals surface area contributed by atoms with Crippen LogP contribution in [0.4, 0.5) is 0 Å². The summed E-state index contributed by atoms with van der Waals surface area (Å²) in [5.74, 6) is 0. The molecule has 1 spiro atoms. The number of likely N-dealkylation sites (tertiary alicyclic amines) is 1. The minimum absolute atomic E-state index is 0.250. The minimum atomic E-state index is -0.250. The molecule has 2 aliphatic rings. The highest BCUT2D eigenvalue weighted by atomic mass is 16.3. The molecule has 2 heterocycles. The van der Waals surface area contributed by atoms with Gasteiger partial charge in [-0.25, -0.2) is 0 Å². The molecule has 0 unspecified atom stereocenters.